The highest BCUT2D eigenvalue weighted by atomic mass is 32.2. The quantitative estimate of drug-likeness (QED) is 0.664. The van der Waals surface area contributed by atoms with Gasteiger partial charge in [0.2, 0.25) is 10.0 Å². The van der Waals surface area contributed by atoms with Gasteiger partial charge in [0.25, 0.3) is 5.91 Å². The first-order valence-corrected chi connectivity index (χ1v) is 11.5. The second-order valence-electron chi connectivity index (χ2n) is 8.67. The number of nitrogens with zero attached hydrogens (tertiary/aromatic N) is 2. The molecule has 0 bridgehead atoms. The van der Waals surface area contributed by atoms with Gasteiger partial charge in [0.15, 0.2) is 5.82 Å². The molecule has 1 aromatic heterocycles. The summed E-state index contributed by atoms with van der Waals surface area (Å²) in [6, 6.07) is 15.6. The summed E-state index contributed by atoms with van der Waals surface area (Å²) in [5.41, 5.74) is 2.17. The van der Waals surface area contributed by atoms with Crippen molar-refractivity contribution in [2.45, 2.75) is 44.0 Å². The molecule has 0 fully saturated rings. The molecule has 1 aliphatic heterocycles. The van der Waals surface area contributed by atoms with E-state index in [1.807, 2.05) is 45.0 Å². The molecule has 8 heteroatoms. The lowest BCUT2D eigenvalue weighted by molar-refractivity contribution is 0.102. The minimum absolute atomic E-state index is 0.0927. The van der Waals surface area contributed by atoms with E-state index in [-0.39, 0.29) is 21.7 Å². The van der Waals surface area contributed by atoms with Crippen molar-refractivity contribution in [3.05, 3.63) is 77.0 Å². The molecule has 0 radical (unpaired) electrons. The Labute approximate surface area is 182 Å². The second kappa shape index (κ2) is 7.94. The lowest BCUT2D eigenvalue weighted by Crippen LogP contribution is -2.36. The maximum absolute atomic E-state index is 13.2. The first-order valence-electron chi connectivity index (χ1n) is 10.1. The summed E-state index contributed by atoms with van der Waals surface area (Å²) in [5.74, 6) is 0.482. The van der Waals surface area contributed by atoms with E-state index < -0.39 is 15.9 Å². The molecule has 0 atom stereocenters. The lowest BCUT2D eigenvalue weighted by atomic mass is 9.93. The van der Waals surface area contributed by atoms with Gasteiger partial charge >= 0.3 is 0 Å². The first-order chi connectivity index (χ1) is 14.6. The number of rotatable bonds is 4. The van der Waals surface area contributed by atoms with Gasteiger partial charge in [0, 0.05) is 30.1 Å². The molecule has 1 aliphatic rings. The van der Waals surface area contributed by atoms with E-state index in [0.717, 1.165) is 5.56 Å². The summed E-state index contributed by atoms with van der Waals surface area (Å²) >= 11 is 0. The Bertz CT molecular complexity index is 1230. The van der Waals surface area contributed by atoms with Crippen LogP contribution in [0.25, 0.3) is 0 Å². The maximum atomic E-state index is 13.2. The molecule has 0 spiro atoms. The van der Waals surface area contributed by atoms with E-state index in [1.165, 1.54) is 22.0 Å². The van der Waals surface area contributed by atoms with Crippen LogP contribution in [0.15, 0.2) is 64.0 Å². The van der Waals surface area contributed by atoms with Crippen molar-refractivity contribution in [2.75, 3.05) is 11.9 Å². The summed E-state index contributed by atoms with van der Waals surface area (Å²) in [6.07, 6.45) is 0.665. The van der Waals surface area contributed by atoms with Crippen molar-refractivity contribution in [3.8, 4) is 0 Å². The highest BCUT2D eigenvalue weighted by Gasteiger charge is 2.29. The zero-order valence-electron chi connectivity index (χ0n) is 17.8. The van der Waals surface area contributed by atoms with E-state index in [2.05, 4.69) is 10.5 Å². The highest BCUT2D eigenvalue weighted by molar-refractivity contribution is 7.89. The summed E-state index contributed by atoms with van der Waals surface area (Å²) in [4.78, 5) is 12.8. The Hall–Kier alpha value is -2.97. The average Bonchev–Trinajstić information content (AvgIpc) is 3.22. The van der Waals surface area contributed by atoms with Crippen LogP contribution in [-0.2, 0) is 28.4 Å². The molecule has 0 aliphatic carbocycles. The highest BCUT2D eigenvalue weighted by Crippen LogP contribution is 2.26. The van der Waals surface area contributed by atoms with Crippen LogP contribution in [0.5, 0.6) is 0 Å². The van der Waals surface area contributed by atoms with Crippen LogP contribution in [0.2, 0.25) is 0 Å². The van der Waals surface area contributed by atoms with Gasteiger partial charge in [0.1, 0.15) is 5.76 Å². The van der Waals surface area contributed by atoms with E-state index in [9.17, 15) is 13.2 Å². The Balaban J connectivity index is 1.54. The minimum atomic E-state index is -3.73. The van der Waals surface area contributed by atoms with Crippen molar-refractivity contribution < 1.29 is 17.7 Å². The first kappa shape index (κ1) is 21.3. The monoisotopic (exact) mass is 439 g/mol. The number of carbonyl (C=O) groups excluding carboxylic acids is 1. The Morgan fingerprint density at radius 1 is 1.06 bits per heavy atom. The van der Waals surface area contributed by atoms with Crippen LogP contribution in [0.3, 0.4) is 0 Å². The normalized spacial score (nSPS) is 14.8. The number of nitrogens with one attached hydrogen (secondary N) is 1. The molecule has 0 unspecified atom stereocenters. The Morgan fingerprint density at radius 2 is 1.81 bits per heavy atom. The molecule has 162 valence electrons. The number of sulfonamides is 1. The molecule has 31 heavy (non-hydrogen) atoms. The van der Waals surface area contributed by atoms with Crippen molar-refractivity contribution >= 4 is 21.7 Å². The van der Waals surface area contributed by atoms with Gasteiger partial charge in [-0.1, -0.05) is 56.3 Å². The van der Waals surface area contributed by atoms with Crippen molar-refractivity contribution in [1.29, 1.82) is 0 Å². The topological polar surface area (TPSA) is 92.5 Å². The van der Waals surface area contributed by atoms with Crippen LogP contribution >= 0.6 is 0 Å². The predicted molar refractivity (Wildman–Crippen MR) is 117 cm³/mol. The molecule has 0 saturated heterocycles. The zero-order chi connectivity index (χ0) is 22.2. The van der Waals surface area contributed by atoms with E-state index in [0.29, 0.717) is 25.3 Å². The number of fused-ring (bicyclic) bond motifs is 1. The molecule has 0 saturated carbocycles. The fourth-order valence-corrected chi connectivity index (χ4v) is 4.96. The van der Waals surface area contributed by atoms with Gasteiger partial charge in [0.05, 0.1) is 4.90 Å². The number of hydrogen-bond acceptors (Lipinski definition) is 5. The van der Waals surface area contributed by atoms with Gasteiger partial charge in [-0.3, -0.25) is 4.79 Å². The van der Waals surface area contributed by atoms with E-state index >= 15 is 0 Å². The Morgan fingerprint density at radius 3 is 2.52 bits per heavy atom. The lowest BCUT2D eigenvalue weighted by Gasteiger charge is -2.28. The molecule has 2 heterocycles. The molecular formula is C23H25N3O4S. The van der Waals surface area contributed by atoms with Gasteiger partial charge in [-0.15, -0.1) is 0 Å². The number of benzene rings is 2. The smallest absolute Gasteiger partial charge is 0.256 e. The summed E-state index contributed by atoms with van der Waals surface area (Å²) in [7, 11) is -3.73. The summed E-state index contributed by atoms with van der Waals surface area (Å²) in [5, 5.41) is 6.55. The number of aromatic nitrogens is 1. The van der Waals surface area contributed by atoms with Gasteiger partial charge in [-0.25, -0.2) is 8.42 Å². The number of carbonyl (C=O) groups is 1. The fourth-order valence-electron chi connectivity index (χ4n) is 3.50. The number of amides is 1. The predicted octanol–water partition coefficient (Wildman–Crippen LogP) is 3.97. The summed E-state index contributed by atoms with van der Waals surface area (Å²) < 4.78 is 33.2. The standard InChI is InChI=1S/C23H25N3O4S/c1-23(2,3)20-14-21(25-30-20)24-22(27)17-9-6-10-19(13-17)31(28,29)26-12-11-16-7-4-5-8-18(16)15-26/h4-10,13-14H,11-12,15H2,1-3H3,(H,24,25,27). The average molecular weight is 440 g/mol. The molecule has 3 aromatic rings. The van der Waals surface area contributed by atoms with Gasteiger partial charge < -0.3 is 9.84 Å². The third kappa shape index (κ3) is 4.40. The largest absolute Gasteiger partial charge is 0.359 e. The van der Waals surface area contributed by atoms with Crippen molar-refractivity contribution in [2.24, 2.45) is 0 Å². The molecule has 2 aromatic carbocycles. The molecular weight excluding hydrogens is 414 g/mol. The van der Waals surface area contributed by atoms with Crippen LogP contribution < -0.4 is 5.32 Å². The van der Waals surface area contributed by atoms with Crippen LogP contribution in [0.1, 0.15) is 48.0 Å². The Kier molecular flexibility index (Phi) is 5.45. The van der Waals surface area contributed by atoms with Gasteiger partial charge in [-0.05, 0) is 35.7 Å². The second-order valence-corrected chi connectivity index (χ2v) is 10.6. The molecule has 7 nitrogen and oxygen atoms in total. The maximum Gasteiger partial charge on any atom is 0.256 e. The molecule has 1 amide bonds. The van der Waals surface area contributed by atoms with Gasteiger partial charge in [-0.2, -0.15) is 4.31 Å². The molecule has 4 rings (SSSR count). The molecule has 1 N–H and O–H groups in total. The third-order valence-electron chi connectivity index (χ3n) is 5.32. The number of anilines is 1. The fraction of sp³-hybridized carbons (Fsp3) is 0.304. The SMILES string of the molecule is CC(C)(C)c1cc(NC(=O)c2cccc(S(=O)(=O)N3CCc4ccccc4C3)c2)no1. The summed E-state index contributed by atoms with van der Waals surface area (Å²) in [6.45, 7) is 6.67. The van der Waals surface area contributed by atoms with Crippen LogP contribution in [0.4, 0.5) is 5.82 Å². The van der Waals surface area contributed by atoms with Crippen molar-refractivity contribution in [3.63, 3.8) is 0 Å². The number of hydrogen-bond donors (Lipinski definition) is 1. The third-order valence-corrected chi connectivity index (χ3v) is 7.16. The van der Waals surface area contributed by atoms with E-state index in [4.69, 9.17) is 4.52 Å². The zero-order valence-corrected chi connectivity index (χ0v) is 18.6. The van der Waals surface area contributed by atoms with Crippen LogP contribution in [-0.4, -0.2) is 30.3 Å². The van der Waals surface area contributed by atoms with E-state index in [1.54, 1.807) is 18.2 Å². The van der Waals surface area contributed by atoms with Crippen LogP contribution in [0, 0.1) is 0 Å². The van der Waals surface area contributed by atoms with Crippen molar-refractivity contribution in [1.82, 2.24) is 9.46 Å². The minimum Gasteiger partial charge on any atom is -0.359 e.